The van der Waals surface area contributed by atoms with Gasteiger partial charge < -0.3 is 14.8 Å². The molecule has 4 nitrogen and oxygen atoms in total. The van der Waals surface area contributed by atoms with Crippen molar-refractivity contribution in [3.63, 3.8) is 0 Å². The number of carbonyl (C=O) groups excluding carboxylic acids is 1. The van der Waals surface area contributed by atoms with Crippen molar-refractivity contribution in [3.05, 3.63) is 64.1 Å². The minimum atomic E-state index is -0.135. The maximum absolute atomic E-state index is 12.4. The van der Waals surface area contributed by atoms with Crippen LogP contribution >= 0.6 is 15.9 Å². The van der Waals surface area contributed by atoms with Crippen molar-refractivity contribution >= 4 is 27.9 Å². The first-order valence-corrected chi connectivity index (χ1v) is 9.09. The van der Waals surface area contributed by atoms with E-state index in [4.69, 9.17) is 9.47 Å². The predicted molar refractivity (Wildman–Crippen MR) is 102 cm³/mol. The van der Waals surface area contributed by atoms with Crippen LogP contribution in [0.4, 0.5) is 0 Å². The van der Waals surface area contributed by atoms with Crippen molar-refractivity contribution in [2.75, 3.05) is 13.2 Å². The molecule has 0 radical (unpaired) electrons. The molecule has 1 aliphatic heterocycles. The molecule has 1 atom stereocenters. The molecule has 5 heteroatoms. The Labute approximate surface area is 156 Å². The van der Waals surface area contributed by atoms with Crippen LogP contribution in [-0.2, 0) is 4.79 Å². The molecular weight excluding hydrogens is 382 g/mol. The Hall–Kier alpha value is -2.27. The first kappa shape index (κ1) is 17.5. The van der Waals surface area contributed by atoms with E-state index < -0.39 is 0 Å². The molecule has 25 heavy (non-hydrogen) atoms. The van der Waals surface area contributed by atoms with E-state index in [0.717, 1.165) is 33.5 Å². The maximum Gasteiger partial charge on any atom is 0.244 e. The number of nitrogens with one attached hydrogen (secondary N) is 1. The van der Waals surface area contributed by atoms with Crippen molar-refractivity contribution in [1.29, 1.82) is 0 Å². The van der Waals surface area contributed by atoms with Gasteiger partial charge in [-0.3, -0.25) is 4.79 Å². The minimum absolute atomic E-state index is 0.0551. The summed E-state index contributed by atoms with van der Waals surface area (Å²) in [6, 6.07) is 13.5. The van der Waals surface area contributed by atoms with E-state index in [9.17, 15) is 4.79 Å². The van der Waals surface area contributed by atoms with Gasteiger partial charge in [0.25, 0.3) is 0 Å². The molecule has 1 unspecified atom stereocenters. The predicted octanol–water partition coefficient (Wildman–Crippen LogP) is 4.50. The van der Waals surface area contributed by atoms with Crippen molar-refractivity contribution in [2.45, 2.75) is 19.4 Å². The molecule has 0 bridgehead atoms. The summed E-state index contributed by atoms with van der Waals surface area (Å²) < 4.78 is 12.2. The second-order valence-corrected chi connectivity index (χ2v) is 6.60. The summed E-state index contributed by atoms with van der Waals surface area (Å²) in [4.78, 5) is 12.4. The summed E-state index contributed by atoms with van der Waals surface area (Å²) in [7, 11) is 0. The number of benzene rings is 2. The number of amides is 1. The number of para-hydroxylation sites is 1. The van der Waals surface area contributed by atoms with Crippen LogP contribution in [0.2, 0.25) is 0 Å². The van der Waals surface area contributed by atoms with Crippen LogP contribution in [0.3, 0.4) is 0 Å². The Morgan fingerprint density at radius 3 is 3.04 bits per heavy atom. The van der Waals surface area contributed by atoms with Crippen LogP contribution in [0.25, 0.3) is 6.08 Å². The molecule has 3 rings (SSSR count). The third kappa shape index (κ3) is 4.42. The van der Waals surface area contributed by atoms with E-state index in [-0.39, 0.29) is 11.9 Å². The monoisotopic (exact) mass is 401 g/mol. The smallest absolute Gasteiger partial charge is 0.244 e. The second kappa shape index (κ2) is 8.21. The maximum atomic E-state index is 12.4. The standard InChI is InChI=1S/C20H20BrNO3/c1-2-24-18-6-4-3-5-14(18)7-10-20(23)22-17-11-12-25-19-9-8-15(21)13-16(17)19/h3-10,13,17H,2,11-12H2,1H3,(H,22,23)/b10-7+. The topological polar surface area (TPSA) is 47.6 Å². The van der Waals surface area contributed by atoms with Crippen LogP contribution in [0, 0.1) is 0 Å². The number of hydrogen-bond donors (Lipinski definition) is 1. The van der Waals surface area contributed by atoms with Gasteiger partial charge in [-0.05, 0) is 37.3 Å². The molecule has 0 fully saturated rings. The van der Waals surface area contributed by atoms with Gasteiger partial charge in [-0.1, -0.05) is 34.1 Å². The van der Waals surface area contributed by atoms with Crippen LogP contribution < -0.4 is 14.8 Å². The molecule has 130 valence electrons. The van der Waals surface area contributed by atoms with Crippen molar-refractivity contribution in [3.8, 4) is 11.5 Å². The largest absolute Gasteiger partial charge is 0.493 e. The Kier molecular flexibility index (Phi) is 5.76. The minimum Gasteiger partial charge on any atom is -0.493 e. The Balaban J connectivity index is 1.71. The van der Waals surface area contributed by atoms with Crippen molar-refractivity contribution in [2.24, 2.45) is 0 Å². The summed E-state index contributed by atoms with van der Waals surface area (Å²) in [5.41, 5.74) is 1.88. The average Bonchev–Trinajstić information content (AvgIpc) is 2.62. The van der Waals surface area contributed by atoms with Gasteiger partial charge >= 0.3 is 0 Å². The third-order valence-electron chi connectivity index (χ3n) is 3.96. The van der Waals surface area contributed by atoms with Gasteiger partial charge in [-0.2, -0.15) is 0 Å². The van der Waals surface area contributed by atoms with Gasteiger partial charge in [0.05, 0.1) is 19.3 Å². The number of halogens is 1. The van der Waals surface area contributed by atoms with E-state index in [2.05, 4.69) is 21.2 Å². The molecule has 2 aromatic rings. The lowest BCUT2D eigenvalue weighted by atomic mass is 10.0. The number of carbonyl (C=O) groups is 1. The zero-order valence-corrected chi connectivity index (χ0v) is 15.6. The van der Waals surface area contributed by atoms with E-state index in [1.54, 1.807) is 12.2 Å². The molecule has 1 heterocycles. The quantitative estimate of drug-likeness (QED) is 0.750. The van der Waals surface area contributed by atoms with Gasteiger partial charge in [-0.25, -0.2) is 0 Å². The number of rotatable bonds is 5. The molecule has 0 aliphatic carbocycles. The highest BCUT2D eigenvalue weighted by molar-refractivity contribution is 9.10. The summed E-state index contributed by atoms with van der Waals surface area (Å²) in [6.07, 6.45) is 4.07. The molecule has 0 aromatic heterocycles. The van der Waals surface area contributed by atoms with Gasteiger partial charge in [0.15, 0.2) is 0 Å². The van der Waals surface area contributed by atoms with Crippen molar-refractivity contribution in [1.82, 2.24) is 5.32 Å². The Morgan fingerprint density at radius 2 is 2.20 bits per heavy atom. The van der Waals surface area contributed by atoms with E-state index >= 15 is 0 Å². The molecule has 1 N–H and O–H groups in total. The highest BCUT2D eigenvalue weighted by Gasteiger charge is 2.22. The van der Waals surface area contributed by atoms with Crippen LogP contribution in [0.1, 0.15) is 30.5 Å². The highest BCUT2D eigenvalue weighted by atomic mass is 79.9. The highest BCUT2D eigenvalue weighted by Crippen LogP contribution is 2.34. The molecule has 1 amide bonds. The third-order valence-corrected chi connectivity index (χ3v) is 4.45. The summed E-state index contributed by atoms with van der Waals surface area (Å²) in [5, 5.41) is 3.06. The summed E-state index contributed by atoms with van der Waals surface area (Å²) >= 11 is 3.47. The number of fused-ring (bicyclic) bond motifs is 1. The SMILES string of the molecule is CCOc1ccccc1/C=C/C(=O)NC1CCOc2ccc(Br)cc21. The summed E-state index contributed by atoms with van der Waals surface area (Å²) in [5.74, 6) is 1.46. The normalized spacial score (nSPS) is 16.2. The van der Waals surface area contributed by atoms with E-state index in [0.29, 0.717) is 13.2 Å². The van der Waals surface area contributed by atoms with Crippen LogP contribution in [0.15, 0.2) is 53.0 Å². The van der Waals surface area contributed by atoms with Crippen LogP contribution in [0.5, 0.6) is 11.5 Å². The first-order valence-electron chi connectivity index (χ1n) is 8.30. The fourth-order valence-corrected chi connectivity index (χ4v) is 3.18. The van der Waals surface area contributed by atoms with E-state index in [1.165, 1.54) is 0 Å². The van der Waals surface area contributed by atoms with E-state index in [1.807, 2.05) is 49.4 Å². The molecule has 2 aromatic carbocycles. The van der Waals surface area contributed by atoms with Crippen LogP contribution in [-0.4, -0.2) is 19.1 Å². The lowest BCUT2D eigenvalue weighted by Crippen LogP contribution is -2.31. The lowest BCUT2D eigenvalue weighted by molar-refractivity contribution is -0.117. The molecule has 0 saturated carbocycles. The molecule has 0 spiro atoms. The average molecular weight is 402 g/mol. The fraction of sp³-hybridized carbons (Fsp3) is 0.250. The fourth-order valence-electron chi connectivity index (χ4n) is 2.81. The zero-order chi connectivity index (χ0) is 17.6. The number of hydrogen-bond acceptors (Lipinski definition) is 3. The van der Waals surface area contributed by atoms with Gasteiger partial charge in [0.2, 0.25) is 5.91 Å². The van der Waals surface area contributed by atoms with Crippen molar-refractivity contribution < 1.29 is 14.3 Å². The molecular formula is C20H20BrNO3. The van der Waals surface area contributed by atoms with Gasteiger partial charge in [0, 0.05) is 28.1 Å². The second-order valence-electron chi connectivity index (χ2n) is 5.68. The van der Waals surface area contributed by atoms with Gasteiger partial charge in [0.1, 0.15) is 11.5 Å². The summed E-state index contributed by atoms with van der Waals surface area (Å²) in [6.45, 7) is 3.12. The molecule has 1 aliphatic rings. The zero-order valence-electron chi connectivity index (χ0n) is 14.0. The first-order chi connectivity index (χ1) is 12.2. The number of ether oxygens (including phenoxy) is 2. The van der Waals surface area contributed by atoms with Gasteiger partial charge in [-0.15, -0.1) is 0 Å². The molecule has 0 saturated heterocycles. The lowest BCUT2D eigenvalue weighted by Gasteiger charge is -2.26. The Morgan fingerprint density at radius 1 is 1.36 bits per heavy atom. The Bertz CT molecular complexity index is 788.